The average molecular weight is 379 g/mol. The lowest BCUT2D eigenvalue weighted by molar-refractivity contribution is 0.248. The Kier molecular flexibility index (Phi) is 5.06. The van der Waals surface area contributed by atoms with E-state index in [2.05, 4.69) is 15.7 Å². The van der Waals surface area contributed by atoms with Crippen LogP contribution in [0.15, 0.2) is 61.2 Å². The van der Waals surface area contributed by atoms with Gasteiger partial charge in [-0.25, -0.2) is 4.79 Å². The molecule has 146 valence electrons. The van der Waals surface area contributed by atoms with Gasteiger partial charge in [0.1, 0.15) is 5.75 Å². The molecule has 1 fully saturated rings. The van der Waals surface area contributed by atoms with Crippen molar-refractivity contribution < 1.29 is 9.53 Å². The lowest BCUT2D eigenvalue weighted by Crippen LogP contribution is -2.35. The number of benzene rings is 1. The molecule has 2 N–H and O–H groups in total. The first-order chi connectivity index (χ1) is 13.7. The first-order valence-electron chi connectivity index (χ1n) is 9.60. The van der Waals surface area contributed by atoms with E-state index in [4.69, 9.17) is 4.74 Å². The minimum absolute atomic E-state index is 0.123. The smallest absolute Gasteiger partial charge is 0.319 e. The number of hydrogen-bond donors (Lipinski definition) is 2. The summed E-state index contributed by atoms with van der Waals surface area (Å²) in [5.41, 5.74) is 1.74. The topological polar surface area (TPSA) is 73.1 Å². The van der Waals surface area contributed by atoms with Crippen molar-refractivity contribution in [2.45, 2.75) is 26.3 Å². The van der Waals surface area contributed by atoms with Crippen LogP contribution in [0.4, 0.5) is 10.5 Å². The Morgan fingerprint density at radius 1 is 1.21 bits per heavy atom. The molecule has 28 heavy (non-hydrogen) atoms. The van der Waals surface area contributed by atoms with E-state index in [1.165, 1.54) is 0 Å². The number of nitrogens with one attached hydrogen (secondary N) is 2. The molecule has 2 heterocycles. The van der Waals surface area contributed by atoms with Gasteiger partial charge in [0.05, 0.1) is 12.3 Å². The zero-order chi connectivity index (χ0) is 19.4. The second-order valence-corrected chi connectivity index (χ2v) is 7.22. The van der Waals surface area contributed by atoms with Crippen LogP contribution in [-0.4, -0.2) is 33.5 Å². The predicted molar refractivity (Wildman–Crippen MR) is 108 cm³/mol. The van der Waals surface area contributed by atoms with Gasteiger partial charge in [0.2, 0.25) is 0 Å². The summed E-state index contributed by atoms with van der Waals surface area (Å²) in [6.07, 6.45) is 9.86. The van der Waals surface area contributed by atoms with Crippen molar-refractivity contribution in [2.24, 2.45) is 5.41 Å². The molecule has 0 saturated heterocycles. The number of rotatable bonds is 8. The Labute approximate surface area is 164 Å². The lowest BCUT2D eigenvalue weighted by Gasteiger charge is -2.17. The van der Waals surface area contributed by atoms with Crippen molar-refractivity contribution in [3.05, 3.63) is 61.2 Å². The van der Waals surface area contributed by atoms with E-state index < -0.39 is 0 Å². The van der Waals surface area contributed by atoms with Gasteiger partial charge in [-0.05, 0) is 56.2 Å². The first kappa shape index (κ1) is 18.2. The number of carbonyl (C=O) groups is 1. The molecule has 2 amide bonds. The summed E-state index contributed by atoms with van der Waals surface area (Å²) in [4.78, 5) is 12.4. The molecule has 7 heteroatoms. The van der Waals surface area contributed by atoms with Gasteiger partial charge in [-0.1, -0.05) is 0 Å². The Morgan fingerprint density at radius 2 is 2.04 bits per heavy atom. The van der Waals surface area contributed by atoms with Crippen LogP contribution >= 0.6 is 0 Å². The molecule has 1 aliphatic rings. The number of urea groups is 1. The average Bonchev–Trinajstić information content (AvgIpc) is 3.08. The fraction of sp³-hybridized carbons (Fsp3) is 0.333. The van der Waals surface area contributed by atoms with Gasteiger partial charge in [-0.2, -0.15) is 5.10 Å². The maximum atomic E-state index is 12.4. The minimum Gasteiger partial charge on any atom is -0.492 e. The summed E-state index contributed by atoms with van der Waals surface area (Å²) in [6.45, 7) is 4.01. The normalized spacial score (nSPS) is 14.5. The molecule has 0 spiro atoms. The monoisotopic (exact) mass is 379 g/mol. The van der Waals surface area contributed by atoms with Crippen LogP contribution in [0.2, 0.25) is 0 Å². The van der Waals surface area contributed by atoms with Crippen LogP contribution in [0.25, 0.3) is 5.69 Å². The standard InChI is InChI=1S/C21H25N5O2/c1-2-28-19-7-6-17(14-18(19)25-11-3-4-12-25)24-20(27)22-15-21(8-9-21)16-26-13-5-10-23-26/h3-7,10-14H,2,8-9,15-16H2,1H3,(H2,22,24,27). The molecule has 4 rings (SSSR count). The van der Waals surface area contributed by atoms with Crippen LogP contribution in [0.5, 0.6) is 5.75 Å². The summed E-state index contributed by atoms with van der Waals surface area (Å²) in [6, 6.07) is 11.3. The fourth-order valence-corrected chi connectivity index (χ4v) is 3.32. The maximum Gasteiger partial charge on any atom is 0.319 e. The highest BCUT2D eigenvalue weighted by molar-refractivity contribution is 5.89. The Balaban J connectivity index is 1.38. The van der Waals surface area contributed by atoms with Crippen LogP contribution < -0.4 is 15.4 Å². The molecule has 3 aromatic rings. The molecule has 2 aromatic heterocycles. The maximum absolute atomic E-state index is 12.4. The highest BCUT2D eigenvalue weighted by Crippen LogP contribution is 2.46. The van der Waals surface area contributed by atoms with E-state index in [9.17, 15) is 4.79 Å². The van der Waals surface area contributed by atoms with E-state index >= 15 is 0 Å². The van der Waals surface area contributed by atoms with Gasteiger partial charge in [0.25, 0.3) is 0 Å². The van der Waals surface area contributed by atoms with Crippen molar-refractivity contribution in [1.82, 2.24) is 19.7 Å². The Bertz CT molecular complexity index is 914. The van der Waals surface area contributed by atoms with Gasteiger partial charge in [0, 0.05) is 49.0 Å². The third-order valence-corrected chi connectivity index (χ3v) is 5.04. The van der Waals surface area contributed by atoms with Gasteiger partial charge in [-0.15, -0.1) is 0 Å². The number of anilines is 1. The molecule has 1 aromatic carbocycles. The number of ether oxygens (including phenoxy) is 1. The molecule has 7 nitrogen and oxygen atoms in total. The summed E-state index contributed by atoms with van der Waals surface area (Å²) in [7, 11) is 0. The molecule has 0 aliphatic heterocycles. The predicted octanol–water partition coefficient (Wildman–Crippen LogP) is 3.67. The molecule has 0 radical (unpaired) electrons. The van der Waals surface area contributed by atoms with Crippen molar-refractivity contribution in [3.63, 3.8) is 0 Å². The second kappa shape index (κ2) is 7.80. The zero-order valence-electron chi connectivity index (χ0n) is 16.0. The molecule has 1 saturated carbocycles. The third-order valence-electron chi connectivity index (χ3n) is 5.04. The van der Waals surface area contributed by atoms with E-state index in [-0.39, 0.29) is 11.4 Å². The number of hydrogen-bond acceptors (Lipinski definition) is 3. The first-order valence-corrected chi connectivity index (χ1v) is 9.60. The van der Waals surface area contributed by atoms with Crippen LogP contribution in [-0.2, 0) is 6.54 Å². The third kappa shape index (κ3) is 4.19. The van der Waals surface area contributed by atoms with Crippen molar-refractivity contribution in [1.29, 1.82) is 0 Å². The molecule has 0 unspecified atom stereocenters. The molecular weight excluding hydrogens is 354 g/mol. The van der Waals surface area contributed by atoms with E-state index in [1.54, 1.807) is 6.20 Å². The Morgan fingerprint density at radius 3 is 2.71 bits per heavy atom. The highest BCUT2D eigenvalue weighted by Gasteiger charge is 2.43. The number of amides is 2. The van der Waals surface area contributed by atoms with Gasteiger partial charge < -0.3 is 19.9 Å². The van der Waals surface area contributed by atoms with Crippen LogP contribution in [0.1, 0.15) is 19.8 Å². The summed E-state index contributed by atoms with van der Waals surface area (Å²) in [5, 5.41) is 10.2. The molecule has 1 aliphatic carbocycles. The zero-order valence-corrected chi connectivity index (χ0v) is 16.0. The van der Waals surface area contributed by atoms with Gasteiger partial charge >= 0.3 is 6.03 Å². The van der Waals surface area contributed by atoms with Crippen LogP contribution in [0.3, 0.4) is 0 Å². The van der Waals surface area contributed by atoms with E-state index in [0.29, 0.717) is 13.2 Å². The highest BCUT2D eigenvalue weighted by atomic mass is 16.5. The fourth-order valence-electron chi connectivity index (χ4n) is 3.32. The molecule has 0 atom stereocenters. The van der Waals surface area contributed by atoms with Crippen molar-refractivity contribution >= 4 is 11.7 Å². The summed E-state index contributed by atoms with van der Waals surface area (Å²) < 4.78 is 9.62. The van der Waals surface area contributed by atoms with Gasteiger partial charge in [-0.3, -0.25) is 4.68 Å². The minimum atomic E-state index is -0.200. The molecular formula is C21H25N5O2. The summed E-state index contributed by atoms with van der Waals surface area (Å²) >= 11 is 0. The van der Waals surface area contributed by atoms with Gasteiger partial charge in [0.15, 0.2) is 0 Å². The van der Waals surface area contributed by atoms with Crippen molar-refractivity contribution in [2.75, 3.05) is 18.5 Å². The Hall–Kier alpha value is -3.22. The number of carbonyl (C=O) groups excluding carboxylic acids is 1. The largest absolute Gasteiger partial charge is 0.492 e. The second-order valence-electron chi connectivity index (χ2n) is 7.22. The van der Waals surface area contributed by atoms with Crippen LogP contribution in [0, 0.1) is 5.41 Å². The lowest BCUT2D eigenvalue weighted by atomic mass is 10.1. The summed E-state index contributed by atoms with van der Waals surface area (Å²) in [5.74, 6) is 0.779. The van der Waals surface area contributed by atoms with E-state index in [1.807, 2.05) is 71.2 Å². The SMILES string of the molecule is CCOc1ccc(NC(=O)NCC2(Cn3cccn3)CC2)cc1-n1cccc1. The number of nitrogens with zero attached hydrogens (tertiary/aromatic N) is 3. The van der Waals surface area contributed by atoms with E-state index in [0.717, 1.165) is 36.5 Å². The molecule has 0 bridgehead atoms. The number of aromatic nitrogens is 3. The van der Waals surface area contributed by atoms with Crippen molar-refractivity contribution in [3.8, 4) is 11.4 Å². The quantitative estimate of drug-likeness (QED) is 0.627.